The topological polar surface area (TPSA) is 102 Å². The van der Waals surface area contributed by atoms with Crippen LogP contribution in [0, 0.1) is 0 Å². The first-order valence-electron chi connectivity index (χ1n) is 9.35. The second-order valence-corrected chi connectivity index (χ2v) is 7.92. The van der Waals surface area contributed by atoms with E-state index in [1.807, 2.05) is 6.07 Å². The van der Waals surface area contributed by atoms with Gasteiger partial charge in [0.15, 0.2) is 0 Å². The summed E-state index contributed by atoms with van der Waals surface area (Å²) in [5, 5.41) is 14.8. The standard InChI is InChI=1S/C21H21ClN4O4S/c1-29-16-6-7-17(30-2)13(10-16)12-23-18(27)8-9-19-25-26-21(31-19)20(28)24-15-5-3-4-14(22)11-15/h3-7,10-11H,8-9,12H2,1-2H3,(H,23,27)(H,24,28). The first-order valence-corrected chi connectivity index (χ1v) is 10.5. The fourth-order valence-corrected chi connectivity index (χ4v) is 3.64. The van der Waals surface area contributed by atoms with Crippen LogP contribution in [0.5, 0.6) is 11.5 Å². The lowest BCUT2D eigenvalue weighted by Gasteiger charge is -2.11. The second kappa shape index (κ2) is 10.7. The van der Waals surface area contributed by atoms with Crippen LogP contribution in [-0.2, 0) is 17.8 Å². The summed E-state index contributed by atoms with van der Waals surface area (Å²) in [7, 11) is 3.15. The lowest BCUT2D eigenvalue weighted by atomic mass is 10.2. The third kappa shape index (κ3) is 6.40. The van der Waals surface area contributed by atoms with Gasteiger partial charge in [0.25, 0.3) is 5.91 Å². The molecular weight excluding hydrogens is 440 g/mol. The molecule has 0 aliphatic heterocycles. The highest BCUT2D eigenvalue weighted by atomic mass is 35.5. The number of amides is 2. The normalized spacial score (nSPS) is 10.4. The van der Waals surface area contributed by atoms with Gasteiger partial charge < -0.3 is 20.1 Å². The van der Waals surface area contributed by atoms with Gasteiger partial charge in [0, 0.05) is 35.7 Å². The van der Waals surface area contributed by atoms with Crippen molar-refractivity contribution < 1.29 is 19.1 Å². The van der Waals surface area contributed by atoms with E-state index in [2.05, 4.69) is 20.8 Å². The zero-order chi connectivity index (χ0) is 22.2. The first-order chi connectivity index (χ1) is 15.0. The van der Waals surface area contributed by atoms with Gasteiger partial charge in [-0.1, -0.05) is 29.0 Å². The summed E-state index contributed by atoms with van der Waals surface area (Å²) in [5.74, 6) is 0.827. The summed E-state index contributed by atoms with van der Waals surface area (Å²) in [5.41, 5.74) is 1.38. The molecule has 2 aromatic carbocycles. The number of ether oxygens (including phenoxy) is 2. The molecule has 0 radical (unpaired) electrons. The van der Waals surface area contributed by atoms with Crippen molar-refractivity contribution in [1.82, 2.24) is 15.5 Å². The number of hydrogen-bond donors (Lipinski definition) is 2. The van der Waals surface area contributed by atoms with Crippen molar-refractivity contribution in [3.63, 3.8) is 0 Å². The fraction of sp³-hybridized carbons (Fsp3) is 0.238. The maximum absolute atomic E-state index is 12.3. The molecule has 1 aromatic heterocycles. The molecule has 1 heterocycles. The van der Waals surface area contributed by atoms with Gasteiger partial charge in [-0.05, 0) is 36.4 Å². The number of nitrogens with zero attached hydrogens (tertiary/aromatic N) is 2. The van der Waals surface area contributed by atoms with E-state index in [9.17, 15) is 9.59 Å². The molecule has 0 saturated carbocycles. The van der Waals surface area contributed by atoms with Crippen molar-refractivity contribution in [2.24, 2.45) is 0 Å². The van der Waals surface area contributed by atoms with Crippen LogP contribution in [0.2, 0.25) is 5.02 Å². The monoisotopic (exact) mass is 460 g/mol. The van der Waals surface area contributed by atoms with Crippen molar-refractivity contribution in [3.8, 4) is 11.5 Å². The predicted octanol–water partition coefficient (Wildman–Crippen LogP) is 3.71. The number of halogens is 1. The third-order valence-electron chi connectivity index (χ3n) is 4.27. The molecule has 0 aliphatic rings. The molecule has 8 nitrogen and oxygen atoms in total. The molecule has 0 spiro atoms. The molecule has 3 aromatic rings. The van der Waals surface area contributed by atoms with Crippen molar-refractivity contribution in [2.45, 2.75) is 19.4 Å². The molecular formula is C21H21ClN4O4S. The van der Waals surface area contributed by atoms with Crippen molar-refractivity contribution in [3.05, 3.63) is 63.1 Å². The smallest absolute Gasteiger partial charge is 0.286 e. The first kappa shape index (κ1) is 22.5. The number of anilines is 1. The van der Waals surface area contributed by atoms with Crippen LogP contribution in [0.4, 0.5) is 5.69 Å². The average molecular weight is 461 g/mol. The molecule has 10 heteroatoms. The van der Waals surface area contributed by atoms with Crippen LogP contribution in [0.3, 0.4) is 0 Å². The van der Waals surface area contributed by atoms with E-state index in [0.29, 0.717) is 40.2 Å². The van der Waals surface area contributed by atoms with E-state index in [-0.39, 0.29) is 23.2 Å². The Bertz CT molecular complexity index is 1070. The van der Waals surface area contributed by atoms with E-state index in [1.54, 1.807) is 50.6 Å². The number of rotatable bonds is 9. The number of carbonyl (C=O) groups is 2. The predicted molar refractivity (Wildman–Crippen MR) is 119 cm³/mol. The molecule has 0 atom stereocenters. The van der Waals surface area contributed by atoms with Gasteiger partial charge in [0.2, 0.25) is 10.9 Å². The van der Waals surface area contributed by atoms with Crippen molar-refractivity contribution in [1.29, 1.82) is 0 Å². The SMILES string of the molecule is COc1ccc(OC)c(CNC(=O)CCc2nnc(C(=O)Nc3cccc(Cl)c3)s2)c1. The lowest BCUT2D eigenvalue weighted by Crippen LogP contribution is -2.23. The molecule has 2 amide bonds. The minimum absolute atomic E-state index is 0.148. The maximum atomic E-state index is 12.3. The van der Waals surface area contributed by atoms with Gasteiger partial charge in [-0.25, -0.2) is 0 Å². The van der Waals surface area contributed by atoms with Gasteiger partial charge in [-0.15, -0.1) is 10.2 Å². The lowest BCUT2D eigenvalue weighted by molar-refractivity contribution is -0.121. The van der Waals surface area contributed by atoms with Gasteiger partial charge in [0.1, 0.15) is 16.5 Å². The molecule has 0 aliphatic carbocycles. The van der Waals surface area contributed by atoms with Crippen LogP contribution in [-0.4, -0.2) is 36.2 Å². The number of nitrogens with one attached hydrogen (secondary N) is 2. The van der Waals surface area contributed by atoms with E-state index < -0.39 is 0 Å². The largest absolute Gasteiger partial charge is 0.497 e. The van der Waals surface area contributed by atoms with Crippen LogP contribution in [0.15, 0.2) is 42.5 Å². The van der Waals surface area contributed by atoms with Crippen molar-refractivity contribution >= 4 is 40.4 Å². The molecule has 31 heavy (non-hydrogen) atoms. The van der Waals surface area contributed by atoms with E-state index in [0.717, 1.165) is 16.9 Å². The minimum atomic E-state index is -0.374. The van der Waals surface area contributed by atoms with Crippen LogP contribution in [0.1, 0.15) is 26.8 Å². The summed E-state index contributed by atoms with van der Waals surface area (Å²) in [6.45, 7) is 0.308. The number of methoxy groups -OCH3 is 2. The number of benzene rings is 2. The highest BCUT2D eigenvalue weighted by Gasteiger charge is 2.14. The number of carbonyl (C=O) groups excluding carboxylic acids is 2. The highest BCUT2D eigenvalue weighted by molar-refractivity contribution is 7.13. The molecule has 0 fully saturated rings. The molecule has 0 saturated heterocycles. The van der Waals surface area contributed by atoms with E-state index in [4.69, 9.17) is 21.1 Å². The Balaban J connectivity index is 1.50. The van der Waals surface area contributed by atoms with Gasteiger partial charge >= 0.3 is 0 Å². The zero-order valence-electron chi connectivity index (χ0n) is 17.0. The summed E-state index contributed by atoms with van der Waals surface area (Å²) in [6.07, 6.45) is 0.597. The number of aryl methyl sites for hydroxylation is 1. The highest BCUT2D eigenvalue weighted by Crippen LogP contribution is 2.24. The molecule has 3 rings (SSSR count). The van der Waals surface area contributed by atoms with Gasteiger partial charge in [-0.3, -0.25) is 9.59 Å². The van der Waals surface area contributed by atoms with Crippen LogP contribution < -0.4 is 20.1 Å². The Kier molecular flexibility index (Phi) is 7.80. The van der Waals surface area contributed by atoms with E-state index >= 15 is 0 Å². The molecule has 2 N–H and O–H groups in total. The Labute approximate surface area is 188 Å². The quantitative estimate of drug-likeness (QED) is 0.504. The minimum Gasteiger partial charge on any atom is -0.497 e. The Hall–Kier alpha value is -3.17. The Morgan fingerprint density at radius 1 is 1.10 bits per heavy atom. The second-order valence-electron chi connectivity index (χ2n) is 6.42. The molecule has 0 bridgehead atoms. The van der Waals surface area contributed by atoms with Crippen LogP contribution in [0.25, 0.3) is 0 Å². The van der Waals surface area contributed by atoms with E-state index in [1.165, 1.54) is 0 Å². The summed E-state index contributed by atoms with van der Waals surface area (Å²) >= 11 is 7.07. The molecule has 0 unspecified atom stereocenters. The fourth-order valence-electron chi connectivity index (χ4n) is 2.72. The van der Waals surface area contributed by atoms with Crippen LogP contribution >= 0.6 is 22.9 Å². The van der Waals surface area contributed by atoms with Gasteiger partial charge in [0.05, 0.1) is 14.2 Å². The Morgan fingerprint density at radius 3 is 2.68 bits per heavy atom. The van der Waals surface area contributed by atoms with Crippen molar-refractivity contribution in [2.75, 3.05) is 19.5 Å². The molecule has 162 valence electrons. The zero-order valence-corrected chi connectivity index (χ0v) is 18.5. The Morgan fingerprint density at radius 2 is 1.94 bits per heavy atom. The average Bonchev–Trinajstić information content (AvgIpc) is 3.25. The number of hydrogen-bond acceptors (Lipinski definition) is 7. The van der Waals surface area contributed by atoms with Gasteiger partial charge in [-0.2, -0.15) is 0 Å². The maximum Gasteiger partial charge on any atom is 0.286 e. The summed E-state index contributed by atoms with van der Waals surface area (Å²) < 4.78 is 10.5. The number of aromatic nitrogens is 2. The summed E-state index contributed by atoms with van der Waals surface area (Å²) in [4.78, 5) is 24.5. The summed E-state index contributed by atoms with van der Waals surface area (Å²) in [6, 6.07) is 12.2. The third-order valence-corrected chi connectivity index (χ3v) is 5.49.